The molecule has 0 bridgehead atoms. The summed E-state index contributed by atoms with van der Waals surface area (Å²) >= 11 is 0. The molecule has 0 aliphatic heterocycles. The average Bonchev–Trinajstić information content (AvgIpc) is 2.68. The van der Waals surface area contributed by atoms with Gasteiger partial charge in [-0.3, -0.25) is 20.4 Å². The predicted octanol–water partition coefficient (Wildman–Crippen LogP) is 0.273. The number of para-hydroxylation sites is 2. The van der Waals surface area contributed by atoms with E-state index in [1.807, 2.05) is 24.3 Å². The number of benzene rings is 1. The number of nitrogens with one attached hydrogen (secondary N) is 3. The van der Waals surface area contributed by atoms with Crippen LogP contribution in [0.25, 0.3) is 11.0 Å². The Balaban J connectivity index is 2.03. The van der Waals surface area contributed by atoms with Gasteiger partial charge in [0, 0.05) is 6.92 Å². The largest absolute Gasteiger partial charge is 0.342 e. The minimum Gasteiger partial charge on any atom is -0.342 e. The van der Waals surface area contributed by atoms with Crippen LogP contribution in [0.3, 0.4) is 0 Å². The summed E-state index contributed by atoms with van der Waals surface area (Å²) < 4.78 is 0. The number of rotatable bonds is 2. The lowest BCUT2D eigenvalue weighted by atomic mass is 10.3. The lowest BCUT2D eigenvalue weighted by Gasteiger charge is -2.02. The average molecular weight is 232 g/mol. The highest BCUT2D eigenvalue weighted by molar-refractivity contribution is 5.83. The zero-order chi connectivity index (χ0) is 12.3. The van der Waals surface area contributed by atoms with Crippen LogP contribution in [0.5, 0.6) is 0 Å². The molecule has 0 saturated carbocycles. The highest BCUT2D eigenvalue weighted by atomic mass is 16.2. The Morgan fingerprint density at radius 2 is 2.06 bits per heavy atom. The number of hydrogen-bond donors (Lipinski definition) is 3. The van der Waals surface area contributed by atoms with E-state index in [0.29, 0.717) is 5.82 Å². The van der Waals surface area contributed by atoms with Crippen LogP contribution in [0.4, 0.5) is 0 Å². The van der Waals surface area contributed by atoms with Crippen LogP contribution in [0, 0.1) is 0 Å². The van der Waals surface area contributed by atoms with Crippen molar-refractivity contribution in [2.75, 3.05) is 0 Å². The molecule has 0 atom stereocenters. The number of aromatic amines is 1. The van der Waals surface area contributed by atoms with Crippen LogP contribution >= 0.6 is 0 Å². The van der Waals surface area contributed by atoms with E-state index in [-0.39, 0.29) is 18.2 Å². The van der Waals surface area contributed by atoms with Gasteiger partial charge in [0.15, 0.2) is 0 Å². The van der Waals surface area contributed by atoms with Crippen molar-refractivity contribution in [3.8, 4) is 0 Å². The Labute approximate surface area is 97.4 Å². The number of nitrogens with zero attached hydrogens (tertiary/aromatic N) is 1. The lowest BCUT2D eigenvalue weighted by molar-refractivity contribution is -0.127. The highest BCUT2D eigenvalue weighted by Gasteiger charge is 2.07. The highest BCUT2D eigenvalue weighted by Crippen LogP contribution is 2.10. The third-order valence-electron chi connectivity index (χ3n) is 2.14. The summed E-state index contributed by atoms with van der Waals surface area (Å²) in [7, 11) is 0. The van der Waals surface area contributed by atoms with Gasteiger partial charge in [-0.1, -0.05) is 12.1 Å². The fourth-order valence-corrected chi connectivity index (χ4v) is 1.44. The molecular formula is C11H12N4O2. The maximum Gasteiger partial charge on any atom is 0.245 e. The first-order valence-corrected chi connectivity index (χ1v) is 5.14. The second-order valence-electron chi connectivity index (χ2n) is 3.61. The molecule has 88 valence electrons. The van der Waals surface area contributed by atoms with Crippen molar-refractivity contribution in [1.82, 2.24) is 20.8 Å². The molecule has 1 heterocycles. The van der Waals surface area contributed by atoms with E-state index in [0.717, 1.165) is 11.0 Å². The number of imidazole rings is 1. The quantitative estimate of drug-likeness (QED) is 0.650. The fourth-order valence-electron chi connectivity index (χ4n) is 1.44. The summed E-state index contributed by atoms with van der Waals surface area (Å²) in [5.74, 6) is -0.0729. The van der Waals surface area contributed by atoms with Gasteiger partial charge < -0.3 is 4.98 Å². The standard InChI is InChI=1S/C11H12N4O2/c1-7(16)14-15-11(17)6-10-12-8-4-2-3-5-9(8)13-10/h2-5H,6H2,1H3,(H,12,13)(H,14,16)(H,15,17). The minimum absolute atomic E-state index is 0.0922. The second kappa shape index (κ2) is 4.65. The normalized spacial score (nSPS) is 10.2. The molecule has 6 heteroatoms. The molecule has 3 N–H and O–H groups in total. The third kappa shape index (κ3) is 2.81. The number of hydrogen-bond acceptors (Lipinski definition) is 3. The van der Waals surface area contributed by atoms with Crippen molar-refractivity contribution in [2.24, 2.45) is 0 Å². The van der Waals surface area contributed by atoms with Gasteiger partial charge in [0.1, 0.15) is 5.82 Å². The molecule has 1 aromatic carbocycles. The van der Waals surface area contributed by atoms with Gasteiger partial charge in [0.05, 0.1) is 17.5 Å². The first-order chi connectivity index (χ1) is 8.15. The second-order valence-corrected chi connectivity index (χ2v) is 3.61. The van der Waals surface area contributed by atoms with Gasteiger partial charge in [-0.15, -0.1) is 0 Å². The monoisotopic (exact) mass is 232 g/mol. The topological polar surface area (TPSA) is 86.9 Å². The Morgan fingerprint density at radius 3 is 2.76 bits per heavy atom. The van der Waals surface area contributed by atoms with E-state index in [2.05, 4.69) is 20.8 Å². The first-order valence-electron chi connectivity index (χ1n) is 5.14. The lowest BCUT2D eigenvalue weighted by Crippen LogP contribution is -2.41. The zero-order valence-corrected chi connectivity index (χ0v) is 9.28. The fraction of sp³-hybridized carbons (Fsp3) is 0.182. The van der Waals surface area contributed by atoms with Gasteiger partial charge in [-0.05, 0) is 12.1 Å². The smallest absolute Gasteiger partial charge is 0.245 e. The number of aromatic nitrogens is 2. The van der Waals surface area contributed by atoms with Gasteiger partial charge in [-0.25, -0.2) is 4.98 Å². The van der Waals surface area contributed by atoms with Crippen LogP contribution in [0.2, 0.25) is 0 Å². The summed E-state index contributed by atoms with van der Waals surface area (Å²) in [4.78, 5) is 29.3. The number of H-pyrrole nitrogens is 1. The summed E-state index contributed by atoms with van der Waals surface area (Å²) in [6.45, 7) is 1.32. The zero-order valence-electron chi connectivity index (χ0n) is 9.28. The Kier molecular flexibility index (Phi) is 3.04. The molecule has 0 aliphatic carbocycles. The van der Waals surface area contributed by atoms with Crippen LogP contribution in [0.15, 0.2) is 24.3 Å². The van der Waals surface area contributed by atoms with Crippen LogP contribution in [0.1, 0.15) is 12.7 Å². The van der Waals surface area contributed by atoms with Gasteiger partial charge in [0.25, 0.3) is 0 Å². The Morgan fingerprint density at radius 1 is 1.29 bits per heavy atom. The predicted molar refractivity (Wildman–Crippen MR) is 61.8 cm³/mol. The number of amides is 2. The van der Waals surface area contributed by atoms with E-state index in [1.165, 1.54) is 6.92 Å². The molecule has 2 amide bonds. The summed E-state index contributed by atoms with van der Waals surface area (Å²) in [5, 5.41) is 0. The van der Waals surface area contributed by atoms with Crippen LogP contribution < -0.4 is 10.9 Å². The third-order valence-corrected chi connectivity index (χ3v) is 2.14. The molecule has 2 rings (SSSR count). The van der Waals surface area contributed by atoms with Crippen LogP contribution in [-0.4, -0.2) is 21.8 Å². The van der Waals surface area contributed by atoms with E-state index in [1.54, 1.807) is 0 Å². The minimum atomic E-state index is -0.320. The Hall–Kier alpha value is -2.37. The van der Waals surface area contributed by atoms with E-state index >= 15 is 0 Å². The van der Waals surface area contributed by atoms with Gasteiger partial charge in [0.2, 0.25) is 11.8 Å². The summed E-state index contributed by atoms with van der Waals surface area (Å²) in [6.07, 6.45) is 0.0922. The van der Waals surface area contributed by atoms with E-state index in [4.69, 9.17) is 0 Å². The molecule has 1 aromatic heterocycles. The van der Waals surface area contributed by atoms with Crippen molar-refractivity contribution in [3.05, 3.63) is 30.1 Å². The van der Waals surface area contributed by atoms with E-state index in [9.17, 15) is 9.59 Å². The van der Waals surface area contributed by atoms with Crippen molar-refractivity contribution < 1.29 is 9.59 Å². The molecule has 17 heavy (non-hydrogen) atoms. The van der Waals surface area contributed by atoms with Crippen molar-refractivity contribution >= 4 is 22.8 Å². The summed E-state index contributed by atoms with van der Waals surface area (Å²) in [5.41, 5.74) is 6.19. The number of carbonyl (C=O) groups excluding carboxylic acids is 2. The van der Waals surface area contributed by atoms with Gasteiger partial charge in [-0.2, -0.15) is 0 Å². The molecule has 0 radical (unpaired) electrons. The van der Waals surface area contributed by atoms with E-state index < -0.39 is 0 Å². The summed E-state index contributed by atoms with van der Waals surface area (Å²) in [6, 6.07) is 7.52. The SMILES string of the molecule is CC(=O)NNC(=O)Cc1nc2ccccc2[nH]1. The molecular weight excluding hydrogens is 220 g/mol. The number of fused-ring (bicyclic) bond motifs is 1. The number of hydrazine groups is 1. The number of carbonyl (C=O) groups is 2. The molecule has 6 nitrogen and oxygen atoms in total. The first kappa shape index (κ1) is 11.1. The Bertz CT molecular complexity index is 528. The molecule has 0 aliphatic rings. The van der Waals surface area contributed by atoms with Crippen molar-refractivity contribution in [1.29, 1.82) is 0 Å². The molecule has 0 fully saturated rings. The van der Waals surface area contributed by atoms with Crippen molar-refractivity contribution in [3.63, 3.8) is 0 Å². The molecule has 0 spiro atoms. The molecule has 2 aromatic rings. The van der Waals surface area contributed by atoms with Crippen LogP contribution in [-0.2, 0) is 16.0 Å². The maximum atomic E-state index is 11.4. The maximum absolute atomic E-state index is 11.4. The molecule has 0 saturated heterocycles. The van der Waals surface area contributed by atoms with Crippen molar-refractivity contribution in [2.45, 2.75) is 13.3 Å². The van der Waals surface area contributed by atoms with Gasteiger partial charge >= 0.3 is 0 Å². The molecule has 0 unspecified atom stereocenters.